The summed E-state index contributed by atoms with van der Waals surface area (Å²) in [5.41, 5.74) is 3.10. The normalized spacial score (nSPS) is 10.8. The van der Waals surface area contributed by atoms with Gasteiger partial charge >= 0.3 is 6.03 Å². The average molecular weight is 337 g/mol. The standard InChI is InChI=1S/C20H23N3O2/c1-25-14-13-23-15-18(17-9-5-6-10-19(17)23)22-20(24)21-12-11-16-7-3-2-4-8-16/h2-10,15H,11-14H2,1H3,(H2,21,22,24). The highest BCUT2D eigenvalue weighted by Gasteiger charge is 2.10. The highest BCUT2D eigenvalue weighted by molar-refractivity contribution is 6.01. The topological polar surface area (TPSA) is 55.3 Å². The molecule has 5 nitrogen and oxygen atoms in total. The van der Waals surface area contributed by atoms with E-state index in [1.54, 1.807) is 7.11 Å². The number of anilines is 1. The van der Waals surface area contributed by atoms with E-state index in [1.807, 2.05) is 48.7 Å². The number of aromatic nitrogens is 1. The van der Waals surface area contributed by atoms with Crippen molar-refractivity contribution in [3.8, 4) is 0 Å². The van der Waals surface area contributed by atoms with Gasteiger partial charge in [-0.2, -0.15) is 0 Å². The molecule has 2 aromatic carbocycles. The Bertz CT molecular complexity index is 827. The highest BCUT2D eigenvalue weighted by Crippen LogP contribution is 2.25. The smallest absolute Gasteiger partial charge is 0.319 e. The number of carbonyl (C=O) groups excluding carboxylic acids is 1. The van der Waals surface area contributed by atoms with Crippen molar-refractivity contribution in [1.82, 2.24) is 9.88 Å². The van der Waals surface area contributed by atoms with Gasteiger partial charge in [-0.05, 0) is 18.1 Å². The lowest BCUT2D eigenvalue weighted by atomic mass is 10.1. The van der Waals surface area contributed by atoms with Crippen molar-refractivity contribution in [2.75, 3.05) is 25.6 Å². The first-order valence-electron chi connectivity index (χ1n) is 8.43. The number of rotatable bonds is 7. The lowest BCUT2D eigenvalue weighted by molar-refractivity contribution is 0.188. The third-order valence-electron chi connectivity index (χ3n) is 4.12. The molecule has 1 heterocycles. The van der Waals surface area contributed by atoms with Crippen LogP contribution in [0.1, 0.15) is 5.56 Å². The Morgan fingerprint density at radius 1 is 1.08 bits per heavy atom. The molecule has 3 aromatic rings. The fourth-order valence-electron chi connectivity index (χ4n) is 2.85. The molecular formula is C20H23N3O2. The first-order valence-corrected chi connectivity index (χ1v) is 8.43. The summed E-state index contributed by atoms with van der Waals surface area (Å²) in [5.74, 6) is 0. The van der Waals surface area contributed by atoms with Crippen molar-refractivity contribution in [1.29, 1.82) is 0 Å². The molecule has 0 unspecified atom stereocenters. The maximum atomic E-state index is 12.2. The summed E-state index contributed by atoms with van der Waals surface area (Å²) in [7, 11) is 1.69. The minimum Gasteiger partial charge on any atom is -0.383 e. The highest BCUT2D eigenvalue weighted by atomic mass is 16.5. The van der Waals surface area contributed by atoms with E-state index in [-0.39, 0.29) is 6.03 Å². The third kappa shape index (κ3) is 4.39. The molecule has 0 aliphatic heterocycles. The van der Waals surface area contributed by atoms with Crippen LogP contribution in [0.5, 0.6) is 0 Å². The van der Waals surface area contributed by atoms with E-state index in [2.05, 4.69) is 27.3 Å². The molecule has 0 atom stereocenters. The van der Waals surface area contributed by atoms with Crippen LogP contribution in [-0.4, -0.2) is 30.9 Å². The van der Waals surface area contributed by atoms with Gasteiger partial charge in [0, 0.05) is 31.8 Å². The van der Waals surface area contributed by atoms with Gasteiger partial charge in [-0.3, -0.25) is 0 Å². The Kier molecular flexibility index (Phi) is 5.69. The van der Waals surface area contributed by atoms with Crippen LogP contribution in [0.2, 0.25) is 0 Å². The van der Waals surface area contributed by atoms with Crippen LogP contribution >= 0.6 is 0 Å². The molecule has 0 saturated heterocycles. The minimum absolute atomic E-state index is 0.189. The maximum Gasteiger partial charge on any atom is 0.319 e. The quantitative estimate of drug-likeness (QED) is 0.691. The molecule has 2 N–H and O–H groups in total. The zero-order valence-corrected chi connectivity index (χ0v) is 14.4. The van der Waals surface area contributed by atoms with E-state index < -0.39 is 0 Å². The number of amides is 2. The van der Waals surface area contributed by atoms with Gasteiger partial charge in [-0.1, -0.05) is 48.5 Å². The summed E-state index contributed by atoms with van der Waals surface area (Å²) in [6.07, 6.45) is 2.77. The van der Waals surface area contributed by atoms with Gasteiger partial charge in [0.2, 0.25) is 0 Å². The molecular weight excluding hydrogens is 314 g/mol. The van der Waals surface area contributed by atoms with E-state index in [9.17, 15) is 4.79 Å². The summed E-state index contributed by atoms with van der Waals surface area (Å²) >= 11 is 0. The number of methoxy groups -OCH3 is 1. The molecule has 0 fully saturated rings. The molecule has 25 heavy (non-hydrogen) atoms. The first kappa shape index (κ1) is 17.0. The number of hydrogen-bond donors (Lipinski definition) is 2. The zero-order chi connectivity index (χ0) is 17.5. The van der Waals surface area contributed by atoms with Gasteiger partial charge < -0.3 is 19.9 Å². The number of carbonyl (C=O) groups is 1. The number of hydrogen-bond acceptors (Lipinski definition) is 2. The molecule has 0 bridgehead atoms. The molecule has 0 aliphatic carbocycles. The van der Waals surface area contributed by atoms with E-state index >= 15 is 0 Å². The Balaban J connectivity index is 1.62. The molecule has 5 heteroatoms. The van der Waals surface area contributed by atoms with Crippen LogP contribution < -0.4 is 10.6 Å². The number of urea groups is 1. The SMILES string of the molecule is COCCn1cc(NC(=O)NCCc2ccccc2)c2ccccc21. The van der Waals surface area contributed by atoms with Crippen molar-refractivity contribution in [3.05, 3.63) is 66.4 Å². The van der Waals surface area contributed by atoms with Gasteiger partial charge in [0.15, 0.2) is 0 Å². The number of fused-ring (bicyclic) bond motifs is 1. The van der Waals surface area contributed by atoms with Crippen LogP contribution in [-0.2, 0) is 17.7 Å². The van der Waals surface area contributed by atoms with Gasteiger partial charge in [-0.25, -0.2) is 4.79 Å². The lowest BCUT2D eigenvalue weighted by Gasteiger charge is -2.07. The van der Waals surface area contributed by atoms with Crippen molar-refractivity contribution in [2.24, 2.45) is 0 Å². The second kappa shape index (κ2) is 8.35. The number of nitrogens with one attached hydrogen (secondary N) is 2. The number of para-hydroxylation sites is 1. The summed E-state index contributed by atoms with van der Waals surface area (Å²) in [4.78, 5) is 12.2. The molecule has 130 valence electrons. The molecule has 0 saturated carbocycles. The first-order chi connectivity index (χ1) is 12.3. The van der Waals surface area contributed by atoms with Crippen LogP contribution in [0.25, 0.3) is 10.9 Å². The van der Waals surface area contributed by atoms with E-state index in [4.69, 9.17) is 4.74 Å². The average Bonchev–Trinajstić information content (AvgIpc) is 2.99. The second-order valence-electron chi connectivity index (χ2n) is 5.86. The Hall–Kier alpha value is -2.79. The van der Waals surface area contributed by atoms with Crippen molar-refractivity contribution in [2.45, 2.75) is 13.0 Å². The minimum atomic E-state index is -0.189. The predicted octanol–water partition coefficient (Wildman–Crippen LogP) is 3.65. The van der Waals surface area contributed by atoms with Gasteiger partial charge in [0.25, 0.3) is 0 Å². The van der Waals surface area contributed by atoms with Crippen LogP contribution in [0, 0.1) is 0 Å². The van der Waals surface area contributed by atoms with Crippen LogP contribution in [0.3, 0.4) is 0 Å². The fourth-order valence-corrected chi connectivity index (χ4v) is 2.85. The number of benzene rings is 2. The van der Waals surface area contributed by atoms with Crippen LogP contribution in [0.4, 0.5) is 10.5 Å². The Morgan fingerprint density at radius 2 is 1.84 bits per heavy atom. The Morgan fingerprint density at radius 3 is 2.64 bits per heavy atom. The summed E-state index contributed by atoms with van der Waals surface area (Å²) in [6, 6.07) is 18.0. The fraction of sp³-hybridized carbons (Fsp3) is 0.250. The maximum absolute atomic E-state index is 12.2. The van der Waals surface area contributed by atoms with E-state index in [1.165, 1.54) is 5.56 Å². The summed E-state index contributed by atoms with van der Waals surface area (Å²) in [5, 5.41) is 6.89. The van der Waals surface area contributed by atoms with E-state index in [0.717, 1.165) is 29.6 Å². The van der Waals surface area contributed by atoms with Gasteiger partial charge in [0.05, 0.1) is 17.8 Å². The van der Waals surface area contributed by atoms with Crippen molar-refractivity contribution < 1.29 is 9.53 Å². The van der Waals surface area contributed by atoms with Crippen molar-refractivity contribution >= 4 is 22.6 Å². The largest absolute Gasteiger partial charge is 0.383 e. The number of ether oxygens (including phenoxy) is 1. The van der Waals surface area contributed by atoms with Gasteiger partial charge in [-0.15, -0.1) is 0 Å². The summed E-state index contributed by atoms with van der Waals surface area (Å²) in [6.45, 7) is 1.97. The zero-order valence-electron chi connectivity index (χ0n) is 14.4. The molecule has 2 amide bonds. The molecule has 0 aliphatic rings. The Labute approximate surface area is 147 Å². The summed E-state index contributed by atoms with van der Waals surface area (Å²) < 4.78 is 7.26. The molecule has 0 radical (unpaired) electrons. The lowest BCUT2D eigenvalue weighted by Crippen LogP contribution is -2.30. The van der Waals surface area contributed by atoms with Crippen molar-refractivity contribution in [3.63, 3.8) is 0 Å². The number of nitrogens with zero attached hydrogens (tertiary/aromatic N) is 1. The van der Waals surface area contributed by atoms with E-state index in [0.29, 0.717) is 13.2 Å². The molecule has 1 aromatic heterocycles. The molecule has 0 spiro atoms. The monoisotopic (exact) mass is 337 g/mol. The van der Waals surface area contributed by atoms with Crippen LogP contribution in [0.15, 0.2) is 60.8 Å². The second-order valence-corrected chi connectivity index (χ2v) is 5.86. The van der Waals surface area contributed by atoms with Gasteiger partial charge in [0.1, 0.15) is 0 Å². The molecule has 3 rings (SSSR count). The third-order valence-corrected chi connectivity index (χ3v) is 4.12. The predicted molar refractivity (Wildman–Crippen MR) is 101 cm³/mol.